The van der Waals surface area contributed by atoms with E-state index in [-0.39, 0.29) is 30.1 Å². The molecule has 0 radical (unpaired) electrons. The molecule has 3 aromatic rings. The number of urea groups is 1. The van der Waals surface area contributed by atoms with Crippen LogP contribution < -0.4 is 10.6 Å². The molecule has 1 aromatic heterocycles. The molecule has 0 aliphatic rings. The van der Waals surface area contributed by atoms with E-state index in [0.717, 1.165) is 17.8 Å². The van der Waals surface area contributed by atoms with Crippen molar-refractivity contribution in [3.63, 3.8) is 0 Å². The lowest BCUT2D eigenvalue weighted by molar-refractivity contribution is -0.116. The van der Waals surface area contributed by atoms with E-state index >= 15 is 0 Å². The highest BCUT2D eigenvalue weighted by Crippen LogP contribution is 2.29. The molecule has 0 saturated carbocycles. The molecule has 2 aromatic carbocycles. The van der Waals surface area contributed by atoms with Crippen molar-refractivity contribution in [2.24, 2.45) is 5.92 Å². The maximum Gasteiger partial charge on any atom is 0.322 e. The molecule has 36 heavy (non-hydrogen) atoms. The third-order valence-corrected chi connectivity index (χ3v) is 5.53. The third-order valence-electron chi connectivity index (χ3n) is 5.21. The van der Waals surface area contributed by atoms with E-state index in [4.69, 9.17) is 11.6 Å². The summed E-state index contributed by atoms with van der Waals surface area (Å²) in [4.78, 5) is 27.2. The van der Waals surface area contributed by atoms with E-state index < -0.39 is 23.6 Å². The van der Waals surface area contributed by atoms with Crippen LogP contribution in [0.2, 0.25) is 5.02 Å². The van der Waals surface area contributed by atoms with Gasteiger partial charge in [0.15, 0.2) is 0 Å². The van der Waals surface area contributed by atoms with Crippen molar-refractivity contribution in [3.8, 4) is 5.69 Å². The minimum absolute atomic E-state index is 0.0303. The molecular weight excluding hydrogens is 488 g/mol. The Labute approximate surface area is 214 Å². The number of hydrogen-bond donors (Lipinski definition) is 2. The van der Waals surface area contributed by atoms with Crippen LogP contribution in [0.5, 0.6) is 0 Å². The van der Waals surface area contributed by atoms with Gasteiger partial charge in [0, 0.05) is 24.1 Å². The molecule has 10 heteroatoms. The zero-order valence-electron chi connectivity index (χ0n) is 20.9. The maximum atomic E-state index is 14.1. The predicted molar refractivity (Wildman–Crippen MR) is 138 cm³/mol. The smallest absolute Gasteiger partial charge is 0.315 e. The Morgan fingerprint density at radius 2 is 1.78 bits per heavy atom. The lowest BCUT2D eigenvalue weighted by Gasteiger charge is -2.24. The van der Waals surface area contributed by atoms with Gasteiger partial charge < -0.3 is 15.5 Å². The number of para-hydroxylation sites is 1. The Morgan fingerprint density at radius 1 is 1.08 bits per heavy atom. The summed E-state index contributed by atoms with van der Waals surface area (Å²) < 4.78 is 28.8. The minimum Gasteiger partial charge on any atom is -0.315 e. The summed E-state index contributed by atoms with van der Waals surface area (Å²) in [7, 11) is 0. The second-order valence-corrected chi connectivity index (χ2v) is 10.3. The van der Waals surface area contributed by atoms with Gasteiger partial charge >= 0.3 is 6.03 Å². The predicted octanol–water partition coefficient (Wildman–Crippen LogP) is 6.23. The fourth-order valence-corrected chi connectivity index (χ4v) is 3.66. The minimum atomic E-state index is -0.907. The van der Waals surface area contributed by atoms with E-state index in [0.29, 0.717) is 22.6 Å². The summed E-state index contributed by atoms with van der Waals surface area (Å²) in [5, 5.41) is 10.3. The van der Waals surface area contributed by atoms with Crippen LogP contribution in [0.4, 0.5) is 25.1 Å². The molecule has 1 heterocycles. The summed E-state index contributed by atoms with van der Waals surface area (Å²) in [5.41, 5.74) is 0.853. The Bertz CT molecular complexity index is 1250. The van der Waals surface area contributed by atoms with Gasteiger partial charge in [0.05, 0.1) is 22.1 Å². The van der Waals surface area contributed by atoms with Gasteiger partial charge in [-0.05, 0) is 30.2 Å². The average Bonchev–Trinajstić information content (AvgIpc) is 3.19. The number of anilines is 2. The zero-order valence-corrected chi connectivity index (χ0v) is 21.7. The van der Waals surface area contributed by atoms with Crippen molar-refractivity contribution >= 4 is 35.0 Å². The highest BCUT2D eigenvalue weighted by atomic mass is 35.5. The molecule has 3 amide bonds. The largest absolute Gasteiger partial charge is 0.322 e. The third kappa shape index (κ3) is 6.81. The molecule has 2 N–H and O–H groups in total. The molecule has 0 aliphatic heterocycles. The molecular formula is C26H30ClF2N5O2. The average molecular weight is 518 g/mol. The topological polar surface area (TPSA) is 79.3 Å². The normalized spacial score (nSPS) is 11.5. The van der Waals surface area contributed by atoms with Crippen LogP contribution in [0.1, 0.15) is 40.3 Å². The molecule has 192 valence electrons. The van der Waals surface area contributed by atoms with Gasteiger partial charge in [0.1, 0.15) is 24.0 Å². The van der Waals surface area contributed by atoms with Gasteiger partial charge in [-0.1, -0.05) is 58.4 Å². The van der Waals surface area contributed by atoms with Crippen molar-refractivity contribution in [1.29, 1.82) is 0 Å². The number of aromatic nitrogens is 2. The SMILES string of the molecule is CC(C)CN(CC(=O)Nc1cc(C(C)(C)C)nn1-c1ccccc1Cl)C(=O)Nc1ccc(F)cc1F. The molecule has 0 aliphatic carbocycles. The first-order chi connectivity index (χ1) is 16.8. The van der Waals surface area contributed by atoms with Crippen LogP contribution in [0.25, 0.3) is 5.69 Å². The molecule has 0 spiro atoms. The van der Waals surface area contributed by atoms with E-state index in [9.17, 15) is 18.4 Å². The van der Waals surface area contributed by atoms with Crippen LogP contribution in [0.15, 0.2) is 48.5 Å². The maximum absolute atomic E-state index is 14.1. The Kier molecular flexibility index (Phi) is 8.35. The van der Waals surface area contributed by atoms with Gasteiger partial charge in [0.25, 0.3) is 0 Å². The van der Waals surface area contributed by atoms with Crippen molar-refractivity contribution < 1.29 is 18.4 Å². The highest BCUT2D eigenvalue weighted by Gasteiger charge is 2.24. The van der Waals surface area contributed by atoms with Crippen molar-refractivity contribution in [3.05, 3.63) is 70.9 Å². The fraction of sp³-hybridized carbons (Fsp3) is 0.346. The van der Waals surface area contributed by atoms with Crippen molar-refractivity contribution in [2.75, 3.05) is 23.7 Å². The Morgan fingerprint density at radius 3 is 2.39 bits per heavy atom. The number of carbonyl (C=O) groups is 2. The molecule has 0 bridgehead atoms. The number of rotatable bonds is 7. The standard InChI is InChI=1S/C26H30ClF2N5O2/c1-16(2)14-33(25(36)30-20-11-10-17(28)12-19(20)29)15-24(35)31-23-13-22(26(3,4)5)32-34(23)21-9-7-6-8-18(21)27/h6-13,16H,14-15H2,1-5H3,(H,30,36)(H,31,35). The number of amides is 3. The van der Waals surface area contributed by atoms with E-state index in [1.807, 2.05) is 40.7 Å². The zero-order chi connectivity index (χ0) is 26.6. The molecule has 0 atom stereocenters. The number of benzene rings is 2. The monoisotopic (exact) mass is 517 g/mol. The number of halogens is 3. The lowest BCUT2D eigenvalue weighted by Crippen LogP contribution is -2.42. The van der Waals surface area contributed by atoms with E-state index in [1.165, 1.54) is 4.90 Å². The Hall–Kier alpha value is -3.46. The number of nitrogens with one attached hydrogen (secondary N) is 2. The van der Waals surface area contributed by atoms with E-state index in [2.05, 4.69) is 15.7 Å². The number of carbonyl (C=O) groups excluding carboxylic acids is 2. The lowest BCUT2D eigenvalue weighted by atomic mass is 9.92. The van der Waals surface area contributed by atoms with E-state index in [1.54, 1.807) is 28.9 Å². The van der Waals surface area contributed by atoms with Crippen LogP contribution in [0.3, 0.4) is 0 Å². The summed E-state index contributed by atoms with van der Waals surface area (Å²) in [6, 6.07) is 11.1. The van der Waals surface area contributed by atoms with Gasteiger partial charge in [-0.15, -0.1) is 0 Å². The first-order valence-corrected chi connectivity index (χ1v) is 11.9. The molecule has 0 unspecified atom stereocenters. The van der Waals surface area contributed by atoms with Crippen molar-refractivity contribution in [1.82, 2.24) is 14.7 Å². The van der Waals surface area contributed by atoms with Gasteiger partial charge in [-0.25, -0.2) is 18.3 Å². The van der Waals surface area contributed by atoms with Crippen LogP contribution in [-0.4, -0.2) is 39.7 Å². The fourth-order valence-electron chi connectivity index (χ4n) is 3.44. The summed E-state index contributed by atoms with van der Waals surface area (Å²) >= 11 is 6.38. The first kappa shape index (κ1) is 27.1. The molecule has 0 saturated heterocycles. The number of hydrogen-bond acceptors (Lipinski definition) is 3. The van der Waals surface area contributed by atoms with Crippen LogP contribution >= 0.6 is 11.6 Å². The molecule has 0 fully saturated rings. The summed E-state index contributed by atoms with van der Waals surface area (Å²) in [6.45, 7) is 9.71. The van der Waals surface area contributed by atoms with Crippen LogP contribution in [-0.2, 0) is 10.2 Å². The summed E-state index contributed by atoms with van der Waals surface area (Å²) in [5.74, 6) is -1.71. The van der Waals surface area contributed by atoms with Crippen molar-refractivity contribution in [2.45, 2.75) is 40.0 Å². The molecule has 3 rings (SSSR count). The first-order valence-electron chi connectivity index (χ1n) is 11.5. The number of nitrogens with zero attached hydrogens (tertiary/aromatic N) is 3. The quantitative estimate of drug-likeness (QED) is 0.390. The second kappa shape index (κ2) is 11.1. The highest BCUT2D eigenvalue weighted by molar-refractivity contribution is 6.32. The molecule has 7 nitrogen and oxygen atoms in total. The van der Waals surface area contributed by atoms with Gasteiger partial charge in [0.2, 0.25) is 5.91 Å². The van der Waals surface area contributed by atoms with Gasteiger partial charge in [-0.2, -0.15) is 5.10 Å². The second-order valence-electron chi connectivity index (χ2n) is 9.90. The van der Waals surface area contributed by atoms with Crippen LogP contribution in [0, 0.1) is 17.6 Å². The Balaban J connectivity index is 1.84. The summed E-state index contributed by atoms with van der Waals surface area (Å²) in [6.07, 6.45) is 0. The van der Waals surface area contributed by atoms with Gasteiger partial charge in [-0.3, -0.25) is 4.79 Å².